The van der Waals surface area contributed by atoms with Crippen molar-refractivity contribution in [2.45, 2.75) is 58.2 Å². The smallest absolute Gasteiger partial charge is 0.322 e. The van der Waals surface area contributed by atoms with Gasteiger partial charge in [0.25, 0.3) is 0 Å². The lowest BCUT2D eigenvalue weighted by molar-refractivity contribution is 0.161. The average Bonchev–Trinajstić information content (AvgIpc) is 3.20. The van der Waals surface area contributed by atoms with E-state index in [2.05, 4.69) is 59.4 Å². The number of hydrogen-bond donors (Lipinski definition) is 1. The number of hydrogen-bond acceptors (Lipinski definition) is 1. The zero-order valence-corrected chi connectivity index (χ0v) is 17.8. The molecule has 0 unspecified atom stereocenters. The van der Waals surface area contributed by atoms with Gasteiger partial charge in [0, 0.05) is 30.2 Å². The van der Waals surface area contributed by atoms with Gasteiger partial charge in [0.2, 0.25) is 0 Å². The van der Waals surface area contributed by atoms with E-state index in [4.69, 9.17) is 0 Å². The molecule has 0 bridgehead atoms. The van der Waals surface area contributed by atoms with Crippen LogP contribution in [-0.4, -0.2) is 21.5 Å². The van der Waals surface area contributed by atoms with Gasteiger partial charge in [0.05, 0.1) is 6.54 Å². The molecular weight excluding hydrogens is 370 g/mol. The number of carbonyl (C=O) groups excluding carboxylic acids is 1. The summed E-state index contributed by atoms with van der Waals surface area (Å²) in [4.78, 5) is 15.3. The standard InChI is InChI=1S/C26H31N3O/c1-21-10-8-11-22(18-21)19-28-17-9-16-25(28)20-29(24-14-6-3-7-15-24)26(30)27-23-12-4-2-5-13-23/h2,4-5,8-13,16-18,24H,3,6-7,14-15,19-20H2,1H3,(H,27,30). The number of carbonyl (C=O) groups is 1. The Morgan fingerprint density at radius 2 is 1.80 bits per heavy atom. The van der Waals surface area contributed by atoms with Crippen LogP contribution in [0.2, 0.25) is 0 Å². The molecule has 0 saturated heterocycles. The molecule has 1 fully saturated rings. The van der Waals surface area contributed by atoms with Crippen molar-refractivity contribution < 1.29 is 4.79 Å². The summed E-state index contributed by atoms with van der Waals surface area (Å²) < 4.78 is 2.26. The minimum atomic E-state index is -0.00333. The Morgan fingerprint density at radius 3 is 2.57 bits per heavy atom. The molecule has 2 amide bonds. The van der Waals surface area contributed by atoms with E-state index < -0.39 is 0 Å². The fourth-order valence-corrected chi connectivity index (χ4v) is 4.41. The molecule has 4 rings (SSSR count). The van der Waals surface area contributed by atoms with Crippen molar-refractivity contribution in [1.29, 1.82) is 0 Å². The highest BCUT2D eigenvalue weighted by molar-refractivity contribution is 5.89. The second-order valence-electron chi connectivity index (χ2n) is 8.33. The van der Waals surface area contributed by atoms with E-state index in [-0.39, 0.29) is 6.03 Å². The normalized spacial score (nSPS) is 14.4. The molecule has 3 aromatic rings. The maximum atomic E-state index is 13.3. The van der Waals surface area contributed by atoms with Crippen molar-refractivity contribution in [2.24, 2.45) is 0 Å². The molecule has 0 radical (unpaired) electrons. The van der Waals surface area contributed by atoms with Crippen LogP contribution in [0.15, 0.2) is 72.9 Å². The van der Waals surface area contributed by atoms with Crippen molar-refractivity contribution in [3.8, 4) is 0 Å². The number of aryl methyl sites for hydroxylation is 1. The topological polar surface area (TPSA) is 37.3 Å². The molecule has 30 heavy (non-hydrogen) atoms. The maximum Gasteiger partial charge on any atom is 0.322 e. The lowest BCUT2D eigenvalue weighted by atomic mass is 9.94. The third kappa shape index (κ3) is 5.12. The number of urea groups is 1. The number of benzene rings is 2. The molecule has 2 aromatic carbocycles. The van der Waals surface area contributed by atoms with Gasteiger partial charge in [-0.15, -0.1) is 0 Å². The van der Waals surface area contributed by atoms with Crippen LogP contribution in [0.25, 0.3) is 0 Å². The summed E-state index contributed by atoms with van der Waals surface area (Å²) in [6.45, 7) is 3.57. The van der Waals surface area contributed by atoms with Crippen LogP contribution in [0.4, 0.5) is 10.5 Å². The van der Waals surface area contributed by atoms with Crippen molar-refractivity contribution in [3.05, 3.63) is 89.7 Å². The van der Waals surface area contributed by atoms with Crippen molar-refractivity contribution in [1.82, 2.24) is 9.47 Å². The molecule has 0 atom stereocenters. The Hall–Kier alpha value is -3.01. The Kier molecular flexibility index (Phi) is 6.53. The lowest BCUT2D eigenvalue weighted by Crippen LogP contribution is -2.43. The van der Waals surface area contributed by atoms with Gasteiger partial charge in [-0.25, -0.2) is 4.79 Å². The summed E-state index contributed by atoms with van der Waals surface area (Å²) >= 11 is 0. The molecule has 1 N–H and O–H groups in total. The minimum absolute atomic E-state index is 0.00333. The largest absolute Gasteiger partial charge is 0.345 e. The molecule has 1 aromatic heterocycles. The van der Waals surface area contributed by atoms with Crippen LogP contribution < -0.4 is 5.32 Å². The van der Waals surface area contributed by atoms with Gasteiger partial charge in [0.1, 0.15) is 0 Å². The fourth-order valence-electron chi connectivity index (χ4n) is 4.41. The summed E-state index contributed by atoms with van der Waals surface area (Å²) in [6, 6.07) is 22.9. The first kappa shape index (κ1) is 20.3. The molecule has 1 aliphatic carbocycles. The Morgan fingerprint density at radius 1 is 1.00 bits per heavy atom. The first-order valence-corrected chi connectivity index (χ1v) is 11.0. The van der Waals surface area contributed by atoms with Crippen LogP contribution in [0.3, 0.4) is 0 Å². The minimum Gasteiger partial charge on any atom is -0.345 e. The van der Waals surface area contributed by atoms with Crippen LogP contribution in [0.5, 0.6) is 0 Å². The number of aromatic nitrogens is 1. The molecule has 1 aliphatic rings. The van der Waals surface area contributed by atoms with Crippen LogP contribution in [0, 0.1) is 6.92 Å². The van der Waals surface area contributed by atoms with E-state index in [9.17, 15) is 4.79 Å². The van der Waals surface area contributed by atoms with Crippen molar-refractivity contribution >= 4 is 11.7 Å². The van der Waals surface area contributed by atoms with Gasteiger partial charge < -0.3 is 14.8 Å². The summed E-state index contributed by atoms with van der Waals surface area (Å²) in [5, 5.41) is 3.11. The van der Waals surface area contributed by atoms with Gasteiger partial charge in [-0.05, 0) is 49.6 Å². The summed E-state index contributed by atoms with van der Waals surface area (Å²) in [6.07, 6.45) is 7.95. The summed E-state index contributed by atoms with van der Waals surface area (Å²) in [5.41, 5.74) is 4.57. The molecule has 1 heterocycles. The molecule has 1 saturated carbocycles. The monoisotopic (exact) mass is 401 g/mol. The zero-order chi connectivity index (χ0) is 20.8. The van der Waals surface area contributed by atoms with Crippen molar-refractivity contribution in [2.75, 3.05) is 5.32 Å². The molecule has 4 nitrogen and oxygen atoms in total. The van der Waals surface area contributed by atoms with E-state index in [0.29, 0.717) is 12.6 Å². The Bertz CT molecular complexity index is 957. The average molecular weight is 402 g/mol. The highest BCUT2D eigenvalue weighted by Crippen LogP contribution is 2.25. The third-order valence-electron chi connectivity index (χ3n) is 5.99. The molecular formula is C26H31N3O. The summed E-state index contributed by atoms with van der Waals surface area (Å²) in [7, 11) is 0. The molecule has 4 heteroatoms. The predicted octanol–water partition coefficient (Wildman–Crippen LogP) is 6.21. The fraction of sp³-hybridized carbons (Fsp3) is 0.346. The predicted molar refractivity (Wildman–Crippen MR) is 123 cm³/mol. The van der Waals surface area contributed by atoms with Gasteiger partial charge in [-0.1, -0.05) is 67.3 Å². The Balaban J connectivity index is 1.53. The highest BCUT2D eigenvalue weighted by Gasteiger charge is 2.26. The molecule has 0 spiro atoms. The number of para-hydroxylation sites is 1. The van der Waals surface area contributed by atoms with Crippen LogP contribution in [0.1, 0.15) is 48.9 Å². The van der Waals surface area contributed by atoms with Gasteiger partial charge in [-0.3, -0.25) is 0 Å². The van der Waals surface area contributed by atoms with Gasteiger partial charge in [-0.2, -0.15) is 0 Å². The zero-order valence-electron chi connectivity index (χ0n) is 17.8. The first-order valence-electron chi connectivity index (χ1n) is 11.0. The number of nitrogens with one attached hydrogen (secondary N) is 1. The lowest BCUT2D eigenvalue weighted by Gasteiger charge is -2.34. The Labute approximate surface area is 179 Å². The van der Waals surface area contributed by atoms with Gasteiger partial charge in [0.15, 0.2) is 0 Å². The number of nitrogens with zero attached hydrogens (tertiary/aromatic N) is 2. The second-order valence-corrected chi connectivity index (χ2v) is 8.33. The third-order valence-corrected chi connectivity index (χ3v) is 5.99. The van der Waals surface area contributed by atoms with E-state index in [0.717, 1.165) is 25.1 Å². The number of amides is 2. The number of anilines is 1. The molecule has 0 aliphatic heterocycles. The maximum absolute atomic E-state index is 13.3. The van der Waals surface area contributed by atoms with Gasteiger partial charge >= 0.3 is 6.03 Å². The van der Waals surface area contributed by atoms with E-state index >= 15 is 0 Å². The van der Waals surface area contributed by atoms with E-state index in [1.807, 2.05) is 35.2 Å². The first-order chi connectivity index (χ1) is 14.7. The van der Waals surface area contributed by atoms with Crippen molar-refractivity contribution in [3.63, 3.8) is 0 Å². The highest BCUT2D eigenvalue weighted by atomic mass is 16.2. The second kappa shape index (κ2) is 9.66. The quantitative estimate of drug-likeness (QED) is 0.524. The van der Waals surface area contributed by atoms with Crippen LogP contribution in [-0.2, 0) is 13.1 Å². The van der Waals surface area contributed by atoms with E-state index in [1.54, 1.807) is 0 Å². The summed E-state index contributed by atoms with van der Waals surface area (Å²) in [5.74, 6) is 0. The van der Waals surface area contributed by atoms with E-state index in [1.165, 1.54) is 36.1 Å². The molecule has 156 valence electrons. The van der Waals surface area contributed by atoms with Crippen LogP contribution >= 0.6 is 0 Å². The SMILES string of the molecule is Cc1cccc(Cn2cccc2CN(C(=O)Nc2ccccc2)C2CCCCC2)c1. The number of rotatable bonds is 6.